The van der Waals surface area contributed by atoms with Gasteiger partial charge >= 0.3 is 0 Å². The first kappa shape index (κ1) is 20.5. The van der Waals surface area contributed by atoms with Crippen molar-refractivity contribution in [3.8, 4) is 22.9 Å². The normalized spacial score (nSPS) is 11.9. The molecule has 156 valence electrons. The van der Waals surface area contributed by atoms with Gasteiger partial charge in [-0.3, -0.25) is 4.79 Å². The van der Waals surface area contributed by atoms with E-state index in [4.69, 9.17) is 4.42 Å². The Morgan fingerprint density at radius 2 is 1.39 bits per heavy atom. The first-order valence-electron chi connectivity index (χ1n) is 9.96. The van der Waals surface area contributed by atoms with Gasteiger partial charge in [-0.25, -0.2) is 4.39 Å². The van der Waals surface area contributed by atoms with Crippen LogP contribution in [0.1, 0.15) is 34.5 Å². The van der Waals surface area contributed by atoms with Crippen LogP contribution in [0.25, 0.3) is 22.9 Å². The summed E-state index contributed by atoms with van der Waals surface area (Å²) < 4.78 is 19.0. The van der Waals surface area contributed by atoms with Gasteiger partial charge in [0.15, 0.2) is 0 Å². The number of carbonyl (C=O) groups is 1. The van der Waals surface area contributed by atoms with Crippen molar-refractivity contribution in [3.05, 3.63) is 95.3 Å². The van der Waals surface area contributed by atoms with E-state index in [9.17, 15) is 9.18 Å². The molecule has 0 bridgehead atoms. The van der Waals surface area contributed by atoms with Gasteiger partial charge in [-0.05, 0) is 67.9 Å². The Morgan fingerprint density at radius 1 is 0.871 bits per heavy atom. The maximum atomic E-state index is 13.2. The lowest BCUT2D eigenvalue weighted by Gasteiger charge is -2.25. The Bertz CT molecular complexity index is 1180. The molecule has 1 aromatic heterocycles. The molecule has 1 heterocycles. The third-order valence-electron chi connectivity index (χ3n) is 5.36. The molecule has 31 heavy (non-hydrogen) atoms. The van der Waals surface area contributed by atoms with Crippen molar-refractivity contribution >= 4 is 5.91 Å². The molecular weight excluding hydrogens is 393 g/mol. The van der Waals surface area contributed by atoms with E-state index in [1.807, 2.05) is 38.1 Å². The molecule has 1 unspecified atom stereocenters. The van der Waals surface area contributed by atoms with Gasteiger partial charge in [0.1, 0.15) is 5.82 Å². The fourth-order valence-electron chi connectivity index (χ4n) is 3.25. The Kier molecular flexibility index (Phi) is 5.62. The van der Waals surface area contributed by atoms with Crippen LogP contribution in [-0.4, -0.2) is 28.1 Å². The van der Waals surface area contributed by atoms with Crippen molar-refractivity contribution in [3.63, 3.8) is 0 Å². The predicted octanol–water partition coefficient (Wildman–Crippen LogP) is 5.68. The molecule has 1 amide bonds. The Labute approximate surface area is 180 Å². The second kappa shape index (κ2) is 8.52. The molecule has 0 saturated carbocycles. The summed E-state index contributed by atoms with van der Waals surface area (Å²) in [4.78, 5) is 14.5. The van der Waals surface area contributed by atoms with Gasteiger partial charge in [-0.2, -0.15) is 0 Å². The van der Waals surface area contributed by atoms with Gasteiger partial charge in [-0.15, -0.1) is 10.2 Å². The zero-order valence-electron chi connectivity index (χ0n) is 17.5. The largest absolute Gasteiger partial charge is 0.416 e. The predicted molar refractivity (Wildman–Crippen MR) is 117 cm³/mol. The Balaban J connectivity index is 1.49. The maximum Gasteiger partial charge on any atom is 0.254 e. The molecule has 0 fully saturated rings. The van der Waals surface area contributed by atoms with E-state index in [-0.39, 0.29) is 17.8 Å². The summed E-state index contributed by atoms with van der Waals surface area (Å²) in [5.74, 6) is 0.409. The molecular formula is C25H22FN3O2. The Hall–Kier alpha value is -3.80. The molecule has 5 nitrogen and oxygen atoms in total. The molecule has 1 atom stereocenters. The van der Waals surface area contributed by atoms with Crippen molar-refractivity contribution < 1.29 is 13.6 Å². The lowest BCUT2D eigenvalue weighted by Crippen LogP contribution is -2.29. The number of benzene rings is 3. The first-order valence-corrected chi connectivity index (χ1v) is 9.96. The smallest absolute Gasteiger partial charge is 0.254 e. The van der Waals surface area contributed by atoms with Crippen LogP contribution in [-0.2, 0) is 0 Å². The standard InChI is InChI=1S/C25H22FN3O2/c1-16-4-6-19(7-5-16)23-27-28-24(31-23)20-8-10-21(11-9-20)25(30)29(3)17(2)18-12-14-22(26)15-13-18/h4-15,17H,1-3H3. The summed E-state index contributed by atoms with van der Waals surface area (Å²) >= 11 is 0. The van der Waals surface area contributed by atoms with Crippen LogP contribution in [0.2, 0.25) is 0 Å². The molecule has 0 radical (unpaired) electrons. The second-order valence-electron chi connectivity index (χ2n) is 7.50. The van der Waals surface area contributed by atoms with Crippen molar-refractivity contribution in [2.24, 2.45) is 0 Å². The van der Waals surface area contributed by atoms with E-state index in [1.54, 1.807) is 48.3 Å². The molecule has 0 aliphatic rings. The number of rotatable bonds is 5. The zero-order chi connectivity index (χ0) is 22.0. The summed E-state index contributed by atoms with van der Waals surface area (Å²) in [5, 5.41) is 8.25. The van der Waals surface area contributed by atoms with Crippen LogP contribution in [0, 0.1) is 12.7 Å². The number of hydrogen-bond acceptors (Lipinski definition) is 4. The highest BCUT2D eigenvalue weighted by Gasteiger charge is 2.19. The molecule has 0 aliphatic carbocycles. The van der Waals surface area contributed by atoms with E-state index in [1.165, 1.54) is 12.1 Å². The fraction of sp³-hybridized carbons (Fsp3) is 0.160. The van der Waals surface area contributed by atoms with Crippen molar-refractivity contribution in [2.45, 2.75) is 19.9 Å². The maximum absolute atomic E-state index is 13.2. The zero-order valence-corrected chi connectivity index (χ0v) is 17.5. The minimum Gasteiger partial charge on any atom is -0.416 e. The number of hydrogen-bond donors (Lipinski definition) is 0. The highest BCUT2D eigenvalue weighted by molar-refractivity contribution is 5.94. The van der Waals surface area contributed by atoms with E-state index in [0.717, 1.165) is 22.3 Å². The van der Waals surface area contributed by atoms with Crippen LogP contribution >= 0.6 is 0 Å². The van der Waals surface area contributed by atoms with Gasteiger partial charge in [0.2, 0.25) is 11.8 Å². The third-order valence-corrected chi connectivity index (χ3v) is 5.36. The van der Waals surface area contributed by atoms with Crippen LogP contribution in [0.15, 0.2) is 77.2 Å². The highest BCUT2D eigenvalue weighted by Crippen LogP contribution is 2.26. The SMILES string of the molecule is Cc1ccc(-c2nnc(-c3ccc(C(=O)N(C)C(C)c4ccc(F)cc4)cc3)o2)cc1. The molecule has 4 aromatic rings. The van der Waals surface area contributed by atoms with Crippen molar-refractivity contribution in [1.82, 2.24) is 15.1 Å². The summed E-state index contributed by atoms with van der Waals surface area (Å²) in [6.45, 7) is 3.92. The van der Waals surface area contributed by atoms with E-state index >= 15 is 0 Å². The van der Waals surface area contributed by atoms with Crippen molar-refractivity contribution in [2.75, 3.05) is 7.05 Å². The Morgan fingerprint density at radius 3 is 1.94 bits per heavy atom. The summed E-state index contributed by atoms with van der Waals surface area (Å²) in [6, 6.07) is 20.9. The van der Waals surface area contributed by atoms with Crippen molar-refractivity contribution in [1.29, 1.82) is 0 Å². The number of amides is 1. The first-order chi connectivity index (χ1) is 14.9. The molecule has 4 rings (SSSR count). The number of aromatic nitrogens is 2. The fourth-order valence-corrected chi connectivity index (χ4v) is 3.25. The number of halogens is 1. The lowest BCUT2D eigenvalue weighted by molar-refractivity contribution is 0.0742. The van der Waals surface area contributed by atoms with Gasteiger partial charge in [0, 0.05) is 23.7 Å². The quantitative estimate of drug-likeness (QED) is 0.420. The van der Waals surface area contributed by atoms with E-state index in [0.29, 0.717) is 17.3 Å². The van der Waals surface area contributed by atoms with Gasteiger partial charge in [0.25, 0.3) is 5.91 Å². The van der Waals surface area contributed by atoms with Crippen LogP contribution in [0.3, 0.4) is 0 Å². The third kappa shape index (κ3) is 4.38. The molecule has 0 saturated heterocycles. The molecule has 0 N–H and O–H groups in total. The number of nitrogens with zero attached hydrogens (tertiary/aromatic N) is 3. The summed E-state index contributed by atoms with van der Waals surface area (Å²) in [7, 11) is 1.73. The average molecular weight is 415 g/mol. The molecule has 0 aliphatic heterocycles. The average Bonchev–Trinajstić information content (AvgIpc) is 3.29. The lowest BCUT2D eigenvalue weighted by atomic mass is 10.1. The summed E-state index contributed by atoms with van der Waals surface area (Å²) in [5.41, 5.74) is 4.15. The van der Waals surface area contributed by atoms with Gasteiger partial charge < -0.3 is 9.32 Å². The van der Waals surface area contributed by atoms with E-state index in [2.05, 4.69) is 10.2 Å². The molecule has 3 aromatic carbocycles. The topological polar surface area (TPSA) is 59.2 Å². The van der Waals surface area contributed by atoms with Gasteiger partial charge in [0.05, 0.1) is 6.04 Å². The second-order valence-corrected chi connectivity index (χ2v) is 7.50. The van der Waals surface area contributed by atoms with Crippen LogP contribution < -0.4 is 0 Å². The molecule has 6 heteroatoms. The molecule has 0 spiro atoms. The van der Waals surface area contributed by atoms with Gasteiger partial charge in [-0.1, -0.05) is 29.8 Å². The minimum absolute atomic E-state index is 0.130. The van der Waals surface area contributed by atoms with Crippen LogP contribution in [0.4, 0.5) is 4.39 Å². The number of carbonyl (C=O) groups excluding carboxylic acids is 1. The minimum atomic E-state index is -0.299. The van der Waals surface area contributed by atoms with E-state index < -0.39 is 0 Å². The summed E-state index contributed by atoms with van der Waals surface area (Å²) in [6.07, 6.45) is 0. The van der Waals surface area contributed by atoms with Crippen LogP contribution in [0.5, 0.6) is 0 Å². The monoisotopic (exact) mass is 415 g/mol. The highest BCUT2D eigenvalue weighted by atomic mass is 19.1. The number of aryl methyl sites for hydroxylation is 1.